The summed E-state index contributed by atoms with van der Waals surface area (Å²) >= 11 is 0. The summed E-state index contributed by atoms with van der Waals surface area (Å²) in [5.74, 6) is -19.9. The van der Waals surface area contributed by atoms with Gasteiger partial charge in [-0.2, -0.15) is 48.3 Å². The first-order chi connectivity index (χ1) is 13.1. The van der Waals surface area contributed by atoms with Crippen molar-refractivity contribution in [3.63, 3.8) is 0 Å². The Morgan fingerprint density at radius 3 is 1.33 bits per heavy atom. The summed E-state index contributed by atoms with van der Waals surface area (Å²) in [6.07, 6.45) is -9.72. The highest BCUT2D eigenvalue weighted by molar-refractivity contribution is 7.86. The van der Waals surface area contributed by atoms with E-state index in [0.29, 0.717) is 0 Å². The van der Waals surface area contributed by atoms with Crippen LogP contribution in [-0.4, -0.2) is 56.3 Å². The van der Waals surface area contributed by atoms with Crippen molar-refractivity contribution < 1.29 is 66.6 Å². The van der Waals surface area contributed by atoms with Crippen LogP contribution in [0.2, 0.25) is 0 Å². The zero-order valence-corrected chi connectivity index (χ0v) is 16.6. The first kappa shape index (κ1) is 31.3. The summed E-state index contributed by atoms with van der Waals surface area (Å²) < 4.78 is 171. The summed E-state index contributed by atoms with van der Waals surface area (Å²) in [5, 5.41) is -5.00. The first-order valence-electron chi connectivity index (χ1n) is 8.39. The molecule has 0 rings (SSSR count). The Morgan fingerprint density at radius 1 is 0.667 bits per heavy atom. The van der Waals surface area contributed by atoms with E-state index in [1.807, 2.05) is 19.4 Å². The molecule has 0 aromatic heterocycles. The zero-order chi connectivity index (χ0) is 24.7. The van der Waals surface area contributed by atoms with E-state index < -0.39 is 65.0 Å². The van der Waals surface area contributed by atoms with Crippen LogP contribution in [0, 0.1) is 0 Å². The highest BCUT2D eigenvalue weighted by Crippen LogP contribution is 2.55. The van der Waals surface area contributed by atoms with Crippen LogP contribution in [0.4, 0.5) is 48.3 Å². The molecule has 0 spiro atoms. The van der Waals surface area contributed by atoms with E-state index in [-0.39, 0.29) is 19.3 Å². The minimum Gasteiger partial charge on any atom is -0.743 e. The van der Waals surface area contributed by atoms with Crippen LogP contribution in [0.5, 0.6) is 0 Å². The minimum atomic E-state index is -7.39. The largest absolute Gasteiger partial charge is 0.743 e. The van der Waals surface area contributed by atoms with E-state index in [4.69, 9.17) is 0 Å². The van der Waals surface area contributed by atoms with E-state index in [1.165, 1.54) is 0 Å². The fourth-order valence-electron chi connectivity index (χ4n) is 1.93. The topological polar surface area (TPSA) is 73.8 Å². The van der Waals surface area contributed by atoms with Crippen LogP contribution in [0.25, 0.3) is 0 Å². The molecular formula is C14H22F11NO3S. The average Bonchev–Trinajstić information content (AvgIpc) is 2.51. The van der Waals surface area contributed by atoms with Crippen molar-refractivity contribution in [1.29, 1.82) is 0 Å². The third-order valence-electron chi connectivity index (χ3n) is 3.48. The van der Waals surface area contributed by atoms with E-state index in [1.54, 1.807) is 0 Å². The van der Waals surface area contributed by atoms with Gasteiger partial charge >= 0.3 is 29.2 Å². The molecule has 2 N–H and O–H groups in total. The van der Waals surface area contributed by atoms with Gasteiger partial charge in [0.05, 0.1) is 14.1 Å². The number of halogens is 11. The Balaban J connectivity index is 0. The van der Waals surface area contributed by atoms with Gasteiger partial charge in [0, 0.05) is 12.8 Å². The maximum absolute atomic E-state index is 13.3. The Kier molecular flexibility index (Phi) is 11.6. The number of alkyl halides is 11. The van der Waals surface area contributed by atoms with Gasteiger partial charge in [0.15, 0.2) is 10.1 Å². The van der Waals surface area contributed by atoms with Crippen molar-refractivity contribution in [2.24, 2.45) is 0 Å². The third-order valence-corrected chi connectivity index (χ3v) is 4.37. The molecule has 0 unspecified atom stereocenters. The minimum absolute atomic E-state index is 0.135. The molecule has 184 valence electrons. The summed E-state index contributed by atoms with van der Waals surface area (Å²) in [4.78, 5) is 0. The van der Waals surface area contributed by atoms with Gasteiger partial charge < -0.3 is 9.87 Å². The van der Waals surface area contributed by atoms with Crippen LogP contribution in [0.1, 0.15) is 44.9 Å². The molecule has 0 aromatic rings. The molecule has 0 atom stereocenters. The van der Waals surface area contributed by atoms with Crippen LogP contribution in [0.15, 0.2) is 0 Å². The second-order valence-electron chi connectivity index (χ2n) is 6.28. The number of nitrogens with two attached hydrogens (primary N) is 1. The van der Waals surface area contributed by atoms with Gasteiger partial charge in [-0.1, -0.05) is 19.3 Å². The SMILES string of the molecule is C[NH2+]C.O=S(=O)([O-])C(F)(F)C(F)(F)C(F)(F)C(F)(F)CCCCCCCC(F)(F)F. The van der Waals surface area contributed by atoms with Crippen molar-refractivity contribution in [3.05, 3.63) is 0 Å². The highest BCUT2D eigenvalue weighted by atomic mass is 32.2. The molecule has 0 aliphatic heterocycles. The number of hydrogen-bond acceptors (Lipinski definition) is 3. The molecule has 0 amide bonds. The molecule has 0 aliphatic carbocycles. The molecule has 0 bridgehead atoms. The second-order valence-corrected chi connectivity index (χ2v) is 7.71. The van der Waals surface area contributed by atoms with E-state index in [0.717, 1.165) is 0 Å². The van der Waals surface area contributed by atoms with Gasteiger partial charge in [-0.15, -0.1) is 0 Å². The summed E-state index contributed by atoms with van der Waals surface area (Å²) in [6.45, 7) is 0. The first-order valence-corrected chi connectivity index (χ1v) is 9.80. The maximum Gasteiger partial charge on any atom is 0.402 e. The van der Waals surface area contributed by atoms with Crippen molar-refractivity contribution in [2.75, 3.05) is 14.1 Å². The lowest BCUT2D eigenvalue weighted by molar-refractivity contribution is -0.597. The van der Waals surface area contributed by atoms with Crippen LogP contribution in [-0.2, 0) is 10.1 Å². The fourth-order valence-corrected chi connectivity index (χ4v) is 2.37. The smallest absolute Gasteiger partial charge is 0.402 e. The number of quaternary nitrogens is 1. The predicted molar refractivity (Wildman–Crippen MR) is 81.6 cm³/mol. The van der Waals surface area contributed by atoms with E-state index >= 15 is 0 Å². The average molecular weight is 493 g/mol. The van der Waals surface area contributed by atoms with Crippen molar-refractivity contribution >= 4 is 10.1 Å². The molecule has 0 aromatic carbocycles. The van der Waals surface area contributed by atoms with Crippen molar-refractivity contribution in [2.45, 2.75) is 74.1 Å². The van der Waals surface area contributed by atoms with Crippen LogP contribution in [0.3, 0.4) is 0 Å². The fraction of sp³-hybridized carbons (Fsp3) is 1.00. The van der Waals surface area contributed by atoms with E-state index in [2.05, 4.69) is 0 Å². The molecule has 4 nitrogen and oxygen atoms in total. The molecule has 0 radical (unpaired) electrons. The molecule has 0 aliphatic rings. The summed E-state index contributed by atoms with van der Waals surface area (Å²) in [5.41, 5.74) is 0. The van der Waals surface area contributed by atoms with Crippen molar-refractivity contribution in [1.82, 2.24) is 0 Å². The molecular weight excluding hydrogens is 471 g/mol. The lowest BCUT2D eigenvalue weighted by atomic mass is 9.98. The standard InChI is InChI=1S/C12H15F11O3S.C2H7N/c13-8(14,6-4-2-1-3-5-7-9(15,16)17)10(18,19)11(20,21)12(22,23)27(24,25)26;1-3-2/h1-7H2,(H,24,25,26);3H,1-2H3. The highest BCUT2D eigenvalue weighted by Gasteiger charge is 2.82. The van der Waals surface area contributed by atoms with Crippen LogP contribution >= 0.6 is 0 Å². The van der Waals surface area contributed by atoms with Gasteiger partial charge in [-0.25, -0.2) is 8.42 Å². The summed E-state index contributed by atoms with van der Waals surface area (Å²) in [6, 6.07) is 0. The third kappa shape index (κ3) is 8.32. The molecule has 16 heteroatoms. The van der Waals surface area contributed by atoms with E-state index in [9.17, 15) is 61.3 Å². The summed E-state index contributed by atoms with van der Waals surface area (Å²) in [7, 11) is -3.39. The number of rotatable bonds is 11. The van der Waals surface area contributed by atoms with Gasteiger partial charge in [0.25, 0.3) is 0 Å². The maximum atomic E-state index is 13.3. The monoisotopic (exact) mass is 493 g/mol. The second kappa shape index (κ2) is 11.1. The number of unbranched alkanes of at least 4 members (excludes halogenated alkanes) is 4. The lowest BCUT2D eigenvalue weighted by Gasteiger charge is -2.37. The molecule has 0 heterocycles. The molecule has 0 fully saturated rings. The molecule has 0 saturated carbocycles. The Bertz CT molecular complexity index is 607. The van der Waals surface area contributed by atoms with Crippen LogP contribution < -0.4 is 5.32 Å². The Hall–Kier alpha value is -0.900. The molecule has 0 saturated heterocycles. The Morgan fingerprint density at radius 2 is 1.00 bits per heavy atom. The van der Waals surface area contributed by atoms with Gasteiger partial charge in [0.1, 0.15) is 0 Å². The lowest BCUT2D eigenvalue weighted by Crippen LogP contribution is -2.74. The van der Waals surface area contributed by atoms with Gasteiger partial charge in [-0.3, -0.25) is 0 Å². The van der Waals surface area contributed by atoms with Crippen molar-refractivity contribution in [3.8, 4) is 0 Å². The Labute approximate surface area is 165 Å². The zero-order valence-electron chi connectivity index (χ0n) is 15.8. The van der Waals surface area contributed by atoms with Gasteiger partial charge in [-0.05, 0) is 12.8 Å². The number of hydrogen-bond donors (Lipinski definition) is 1. The molecule has 30 heavy (non-hydrogen) atoms. The van der Waals surface area contributed by atoms with Gasteiger partial charge in [0.2, 0.25) is 0 Å². The quantitative estimate of drug-likeness (QED) is 0.267. The predicted octanol–water partition coefficient (Wildman–Crippen LogP) is 4.13. The normalized spacial score (nSPS) is 14.3.